The molecule has 1 saturated heterocycles. The molecule has 0 amide bonds. The van der Waals surface area contributed by atoms with Crippen LogP contribution in [0, 0.1) is 0 Å². The molecule has 1 aliphatic rings. The van der Waals surface area contributed by atoms with Gasteiger partial charge in [-0.05, 0) is 37.3 Å². The molecule has 28 heavy (non-hydrogen) atoms. The van der Waals surface area contributed by atoms with Gasteiger partial charge in [0.2, 0.25) is 5.95 Å². The van der Waals surface area contributed by atoms with E-state index in [1.807, 2.05) is 25.4 Å². The van der Waals surface area contributed by atoms with E-state index in [2.05, 4.69) is 54.5 Å². The maximum Gasteiger partial charge on any atom is 0.227 e. The normalized spacial score (nSPS) is 14.5. The first-order valence-corrected chi connectivity index (χ1v) is 9.85. The number of hydrogen-bond donors (Lipinski definition) is 2. The molecule has 0 aliphatic carbocycles. The number of hydrogen-bond acceptors (Lipinski definition) is 8. The van der Waals surface area contributed by atoms with Gasteiger partial charge < -0.3 is 15.5 Å². The number of rotatable bonds is 5. The van der Waals surface area contributed by atoms with E-state index < -0.39 is 0 Å². The van der Waals surface area contributed by atoms with Gasteiger partial charge in [0.25, 0.3) is 0 Å². The van der Waals surface area contributed by atoms with E-state index in [0.29, 0.717) is 0 Å². The largest absolute Gasteiger partial charge is 0.371 e. The maximum absolute atomic E-state index is 4.69. The molecule has 4 heterocycles. The first-order valence-electron chi connectivity index (χ1n) is 9.85. The first kappa shape index (κ1) is 18.3. The van der Waals surface area contributed by atoms with Crippen LogP contribution in [0.3, 0.4) is 0 Å². The van der Waals surface area contributed by atoms with Crippen LogP contribution in [0.1, 0.15) is 44.7 Å². The van der Waals surface area contributed by atoms with E-state index in [0.717, 1.165) is 53.0 Å². The van der Waals surface area contributed by atoms with Gasteiger partial charge in [0, 0.05) is 43.3 Å². The van der Waals surface area contributed by atoms with Crippen molar-refractivity contribution in [1.82, 2.24) is 25.1 Å². The predicted molar refractivity (Wildman–Crippen MR) is 112 cm³/mol. The monoisotopic (exact) mass is 378 g/mol. The van der Waals surface area contributed by atoms with Gasteiger partial charge in [-0.3, -0.25) is 0 Å². The number of anilines is 4. The fraction of sp³-hybridized carbons (Fsp3) is 0.450. The number of nitrogens with one attached hydrogen (secondary N) is 2. The Morgan fingerprint density at radius 1 is 1.00 bits per heavy atom. The number of nitrogens with zero attached hydrogens (tertiary/aromatic N) is 6. The van der Waals surface area contributed by atoms with Gasteiger partial charge in [-0.15, -0.1) is 5.10 Å². The summed E-state index contributed by atoms with van der Waals surface area (Å²) in [6.45, 7) is 6.26. The SMILES string of the molecule is CNc1nnc(C(C)C)c2cc(Nc3ccnc(N4CCCCC4)n3)ncc12. The third kappa shape index (κ3) is 3.67. The van der Waals surface area contributed by atoms with Gasteiger partial charge in [0.1, 0.15) is 11.6 Å². The summed E-state index contributed by atoms with van der Waals surface area (Å²) in [6, 6.07) is 3.88. The average molecular weight is 378 g/mol. The van der Waals surface area contributed by atoms with Crippen molar-refractivity contribution in [3.8, 4) is 0 Å². The number of aromatic nitrogens is 5. The Kier molecular flexibility index (Phi) is 5.18. The molecule has 0 saturated carbocycles. The van der Waals surface area contributed by atoms with Crippen LogP contribution >= 0.6 is 0 Å². The molecular weight excluding hydrogens is 352 g/mol. The van der Waals surface area contributed by atoms with Gasteiger partial charge in [-0.25, -0.2) is 9.97 Å². The third-order valence-electron chi connectivity index (χ3n) is 5.01. The quantitative estimate of drug-likeness (QED) is 0.694. The Bertz CT molecular complexity index is 966. The Morgan fingerprint density at radius 3 is 2.57 bits per heavy atom. The molecule has 0 spiro atoms. The predicted octanol–water partition coefficient (Wildman–Crippen LogP) is 3.71. The molecule has 8 nitrogen and oxygen atoms in total. The average Bonchev–Trinajstić information content (AvgIpc) is 2.73. The Labute approximate surface area is 164 Å². The van der Waals surface area contributed by atoms with Gasteiger partial charge in [-0.2, -0.15) is 10.1 Å². The van der Waals surface area contributed by atoms with Crippen LogP contribution in [0.15, 0.2) is 24.5 Å². The van der Waals surface area contributed by atoms with E-state index in [1.54, 1.807) is 6.20 Å². The highest BCUT2D eigenvalue weighted by molar-refractivity contribution is 5.94. The van der Waals surface area contributed by atoms with Crippen molar-refractivity contribution in [2.24, 2.45) is 0 Å². The zero-order valence-corrected chi connectivity index (χ0v) is 16.6. The topological polar surface area (TPSA) is 91.8 Å². The van der Waals surface area contributed by atoms with E-state index in [4.69, 9.17) is 0 Å². The highest BCUT2D eigenvalue weighted by Crippen LogP contribution is 2.29. The second-order valence-electron chi connectivity index (χ2n) is 7.37. The minimum atomic E-state index is 0.265. The van der Waals surface area contributed by atoms with Crippen LogP contribution in [0.25, 0.3) is 10.8 Å². The van der Waals surface area contributed by atoms with Gasteiger partial charge >= 0.3 is 0 Å². The zero-order valence-electron chi connectivity index (χ0n) is 16.6. The van der Waals surface area contributed by atoms with E-state index in [-0.39, 0.29) is 5.92 Å². The maximum atomic E-state index is 4.69. The molecule has 4 rings (SSSR count). The van der Waals surface area contributed by atoms with E-state index >= 15 is 0 Å². The second-order valence-corrected chi connectivity index (χ2v) is 7.37. The van der Waals surface area contributed by atoms with Gasteiger partial charge in [0.05, 0.1) is 5.69 Å². The van der Waals surface area contributed by atoms with Crippen LogP contribution in [0.5, 0.6) is 0 Å². The molecule has 3 aromatic heterocycles. The van der Waals surface area contributed by atoms with Crippen molar-refractivity contribution < 1.29 is 0 Å². The molecule has 1 aliphatic heterocycles. The lowest BCUT2D eigenvalue weighted by atomic mass is 10.0. The second kappa shape index (κ2) is 7.92. The van der Waals surface area contributed by atoms with Crippen molar-refractivity contribution in [2.75, 3.05) is 35.7 Å². The summed E-state index contributed by atoms with van der Waals surface area (Å²) < 4.78 is 0. The Hall–Kier alpha value is -3.03. The fourth-order valence-corrected chi connectivity index (χ4v) is 3.54. The zero-order chi connectivity index (χ0) is 19.5. The van der Waals surface area contributed by atoms with Crippen molar-refractivity contribution in [1.29, 1.82) is 0 Å². The van der Waals surface area contributed by atoms with Crippen LogP contribution in [0.4, 0.5) is 23.4 Å². The fourth-order valence-electron chi connectivity index (χ4n) is 3.54. The highest BCUT2D eigenvalue weighted by Gasteiger charge is 2.15. The summed E-state index contributed by atoms with van der Waals surface area (Å²) in [4.78, 5) is 15.9. The molecule has 146 valence electrons. The van der Waals surface area contributed by atoms with Crippen molar-refractivity contribution in [3.05, 3.63) is 30.2 Å². The molecule has 2 N–H and O–H groups in total. The summed E-state index contributed by atoms with van der Waals surface area (Å²) >= 11 is 0. The van der Waals surface area contributed by atoms with Crippen molar-refractivity contribution >= 4 is 34.2 Å². The molecule has 0 unspecified atom stereocenters. The lowest BCUT2D eigenvalue weighted by Gasteiger charge is -2.26. The van der Waals surface area contributed by atoms with Crippen LogP contribution in [-0.2, 0) is 0 Å². The Morgan fingerprint density at radius 2 is 1.82 bits per heavy atom. The molecular formula is C20H26N8. The minimum Gasteiger partial charge on any atom is -0.371 e. The lowest BCUT2D eigenvalue weighted by Crippen LogP contribution is -2.31. The van der Waals surface area contributed by atoms with Crippen molar-refractivity contribution in [3.63, 3.8) is 0 Å². The van der Waals surface area contributed by atoms with Gasteiger partial charge in [-0.1, -0.05) is 13.8 Å². The standard InChI is InChI=1S/C20H26N8/c1-13(2)18-14-11-17(23-12-15(14)19(21-3)27-26-18)24-16-7-8-22-20(25-16)28-9-5-4-6-10-28/h7-8,11-13H,4-6,9-10H2,1-3H3,(H,21,27)(H,22,23,24,25). The molecule has 1 fully saturated rings. The summed E-state index contributed by atoms with van der Waals surface area (Å²) in [7, 11) is 1.84. The van der Waals surface area contributed by atoms with Crippen molar-refractivity contribution in [2.45, 2.75) is 39.0 Å². The third-order valence-corrected chi connectivity index (χ3v) is 5.01. The lowest BCUT2D eigenvalue weighted by molar-refractivity contribution is 0.568. The molecule has 8 heteroatoms. The number of piperidine rings is 1. The molecule has 0 atom stereocenters. The van der Waals surface area contributed by atoms with Gasteiger partial charge in [0.15, 0.2) is 5.82 Å². The summed E-state index contributed by atoms with van der Waals surface area (Å²) in [6.07, 6.45) is 7.30. The van der Waals surface area contributed by atoms with Crippen LogP contribution in [0.2, 0.25) is 0 Å². The Balaban J connectivity index is 1.65. The van der Waals surface area contributed by atoms with E-state index in [9.17, 15) is 0 Å². The molecule has 0 aromatic carbocycles. The molecule has 0 bridgehead atoms. The smallest absolute Gasteiger partial charge is 0.227 e. The number of fused-ring (bicyclic) bond motifs is 1. The first-order chi connectivity index (χ1) is 13.7. The minimum absolute atomic E-state index is 0.265. The summed E-state index contributed by atoms with van der Waals surface area (Å²) in [5.41, 5.74) is 0.955. The van der Waals surface area contributed by atoms with E-state index in [1.165, 1.54) is 19.3 Å². The summed E-state index contributed by atoms with van der Waals surface area (Å²) in [5.74, 6) is 3.24. The summed E-state index contributed by atoms with van der Waals surface area (Å²) in [5, 5.41) is 17.1. The molecule has 3 aromatic rings. The van der Waals surface area contributed by atoms with Crippen LogP contribution < -0.4 is 15.5 Å². The highest BCUT2D eigenvalue weighted by atomic mass is 15.3. The van der Waals surface area contributed by atoms with Crippen LogP contribution in [-0.4, -0.2) is 45.3 Å². The number of pyridine rings is 1. The molecule has 0 radical (unpaired) electrons.